The Hall–Kier alpha value is -0.700. The number of nitrogens with one attached hydrogen (secondary N) is 1. The molecule has 41 valence electrons. The minimum Gasteiger partial charge on any atom is -0.351 e. The Balaban J connectivity index is 2.62. The van der Waals surface area contributed by atoms with Crippen LogP contribution >= 0.6 is 12.2 Å². The maximum atomic E-state index is 4.50. The Morgan fingerprint density at radius 2 is 2.75 bits per heavy atom. The minimum absolute atomic E-state index is 0.652. The molecule has 0 saturated carbocycles. The van der Waals surface area contributed by atoms with Crippen molar-refractivity contribution in [2.45, 2.75) is 6.42 Å². The van der Waals surface area contributed by atoms with Gasteiger partial charge in [-0.05, 0) is 0 Å². The van der Waals surface area contributed by atoms with Crippen LogP contribution in [0.5, 0.6) is 0 Å². The molecule has 0 amide bonds. The zero-order chi connectivity index (χ0) is 5.82. The second-order valence-corrected chi connectivity index (χ2v) is 1.67. The van der Waals surface area contributed by atoms with E-state index in [1.165, 1.54) is 0 Å². The zero-order valence-corrected chi connectivity index (χ0v) is 5.03. The average molecular weight is 125 g/mol. The Morgan fingerprint density at radius 1 is 1.88 bits per heavy atom. The molecule has 0 atom stereocenters. The van der Waals surface area contributed by atoms with E-state index in [0.29, 0.717) is 6.42 Å². The first-order chi connectivity index (χ1) is 3.93. The molecule has 1 N–H and O–H groups in total. The van der Waals surface area contributed by atoms with Gasteiger partial charge in [0.15, 0.2) is 0 Å². The molecule has 1 rings (SSSR count). The lowest BCUT2D eigenvalue weighted by Gasteiger charge is -1.77. The van der Waals surface area contributed by atoms with Crippen molar-refractivity contribution < 1.29 is 0 Å². The van der Waals surface area contributed by atoms with Crippen LogP contribution in [0.1, 0.15) is 5.69 Å². The van der Waals surface area contributed by atoms with Gasteiger partial charge in [0.2, 0.25) is 0 Å². The summed E-state index contributed by atoms with van der Waals surface area (Å²) in [4.78, 5) is 6.74. The lowest BCUT2D eigenvalue weighted by molar-refractivity contribution is 1.21. The fraction of sp³-hybridized carbons (Fsp3) is 0.200. The maximum absolute atomic E-state index is 4.50. The van der Waals surface area contributed by atoms with E-state index in [2.05, 4.69) is 27.6 Å². The van der Waals surface area contributed by atoms with Crippen molar-refractivity contribution in [1.29, 1.82) is 0 Å². The van der Waals surface area contributed by atoms with E-state index in [4.69, 9.17) is 0 Å². The number of aromatic nitrogens is 2. The third-order valence-corrected chi connectivity index (χ3v) is 0.952. The van der Waals surface area contributed by atoms with E-state index in [-0.39, 0.29) is 0 Å². The van der Waals surface area contributed by atoms with Crippen molar-refractivity contribution in [3.8, 4) is 0 Å². The number of aromatic amines is 1. The molecule has 1 aromatic heterocycles. The highest BCUT2D eigenvalue weighted by molar-refractivity contribution is 7.78. The molecule has 0 aromatic carbocycles. The third kappa shape index (κ3) is 1.13. The van der Waals surface area contributed by atoms with E-state index in [9.17, 15) is 0 Å². The highest BCUT2D eigenvalue weighted by Crippen LogP contribution is 1.88. The molecule has 0 aliphatic carbocycles. The standard InChI is InChI=1S/C5H5N2S/c8-2-1-5-3-6-4-7-5/h3-4H,1H2,(H,6,7). The van der Waals surface area contributed by atoms with Crippen molar-refractivity contribution >= 4 is 17.6 Å². The summed E-state index contributed by atoms with van der Waals surface area (Å²) in [5.74, 6) is 0. The van der Waals surface area contributed by atoms with Crippen LogP contribution < -0.4 is 0 Å². The SMILES string of the molecule is S=[C]Cc1c[nH]cn1. The Morgan fingerprint density at radius 3 is 3.25 bits per heavy atom. The third-order valence-electron chi connectivity index (χ3n) is 0.808. The molecule has 2 nitrogen and oxygen atoms in total. The summed E-state index contributed by atoms with van der Waals surface area (Å²) >= 11 is 4.50. The monoisotopic (exact) mass is 125 g/mol. The predicted molar refractivity (Wildman–Crippen MR) is 34.9 cm³/mol. The fourth-order valence-electron chi connectivity index (χ4n) is 0.462. The van der Waals surface area contributed by atoms with Gasteiger partial charge >= 0.3 is 0 Å². The summed E-state index contributed by atoms with van der Waals surface area (Å²) in [5, 5.41) is 2.57. The molecule has 1 radical (unpaired) electrons. The van der Waals surface area contributed by atoms with Crippen LogP contribution in [0.25, 0.3) is 0 Å². The van der Waals surface area contributed by atoms with Crippen LogP contribution in [-0.2, 0) is 6.42 Å². The van der Waals surface area contributed by atoms with Gasteiger partial charge in [0.05, 0.1) is 12.0 Å². The smallest absolute Gasteiger partial charge is 0.0923 e. The lowest BCUT2D eigenvalue weighted by atomic mass is 10.4. The summed E-state index contributed by atoms with van der Waals surface area (Å²) in [7, 11) is 0. The maximum Gasteiger partial charge on any atom is 0.0923 e. The fourth-order valence-corrected chi connectivity index (χ4v) is 0.609. The molecule has 1 aromatic rings. The topological polar surface area (TPSA) is 28.7 Å². The van der Waals surface area contributed by atoms with E-state index in [1.807, 2.05) is 0 Å². The number of hydrogen-bond donors (Lipinski definition) is 1. The molecule has 1 heterocycles. The number of thiocarbonyl (C=S) groups is 1. The lowest BCUT2D eigenvalue weighted by Crippen LogP contribution is -1.80. The Kier molecular flexibility index (Phi) is 1.75. The van der Waals surface area contributed by atoms with E-state index in [1.54, 1.807) is 12.5 Å². The first-order valence-corrected chi connectivity index (χ1v) is 2.67. The van der Waals surface area contributed by atoms with Crippen molar-refractivity contribution in [1.82, 2.24) is 9.97 Å². The Bertz CT molecular complexity index is 157. The van der Waals surface area contributed by atoms with Crippen LogP contribution in [0.4, 0.5) is 0 Å². The van der Waals surface area contributed by atoms with E-state index >= 15 is 0 Å². The molecular weight excluding hydrogens is 120 g/mol. The van der Waals surface area contributed by atoms with Crippen LogP contribution in [0, 0.1) is 0 Å². The predicted octanol–water partition coefficient (Wildman–Crippen LogP) is 0.829. The summed E-state index contributed by atoms with van der Waals surface area (Å²) in [5.41, 5.74) is 0.944. The minimum atomic E-state index is 0.652. The number of nitrogens with zero attached hydrogens (tertiary/aromatic N) is 1. The normalized spacial score (nSPS) is 9.00. The first kappa shape index (κ1) is 5.44. The highest BCUT2D eigenvalue weighted by atomic mass is 32.1. The van der Waals surface area contributed by atoms with Gasteiger partial charge in [-0.25, -0.2) is 4.98 Å². The van der Waals surface area contributed by atoms with Crippen molar-refractivity contribution in [2.75, 3.05) is 0 Å². The molecule has 0 aliphatic rings. The van der Waals surface area contributed by atoms with Gasteiger partial charge in [-0.1, -0.05) is 12.2 Å². The molecule has 3 heteroatoms. The molecule has 0 fully saturated rings. The van der Waals surface area contributed by atoms with Crippen molar-refractivity contribution in [2.24, 2.45) is 0 Å². The summed E-state index contributed by atoms with van der Waals surface area (Å²) in [6.07, 6.45) is 4.08. The number of H-pyrrole nitrogens is 1. The van der Waals surface area contributed by atoms with Gasteiger partial charge < -0.3 is 4.98 Å². The molecule has 0 spiro atoms. The van der Waals surface area contributed by atoms with Gasteiger partial charge in [-0.15, -0.1) is 0 Å². The van der Waals surface area contributed by atoms with Gasteiger partial charge in [-0.2, -0.15) is 0 Å². The second-order valence-electron chi connectivity index (χ2n) is 1.38. The van der Waals surface area contributed by atoms with E-state index in [0.717, 1.165) is 5.69 Å². The first-order valence-electron chi connectivity index (χ1n) is 2.26. The van der Waals surface area contributed by atoms with Gasteiger partial charge in [0.1, 0.15) is 0 Å². The van der Waals surface area contributed by atoms with Gasteiger partial charge in [-0.3, -0.25) is 0 Å². The van der Waals surface area contributed by atoms with Crippen LogP contribution in [0.2, 0.25) is 0 Å². The second kappa shape index (κ2) is 2.57. The molecule has 0 aliphatic heterocycles. The molecule has 0 saturated heterocycles. The van der Waals surface area contributed by atoms with Crippen molar-refractivity contribution in [3.63, 3.8) is 0 Å². The molecule has 8 heavy (non-hydrogen) atoms. The number of hydrogen-bond acceptors (Lipinski definition) is 2. The molecule has 0 bridgehead atoms. The summed E-state index contributed by atoms with van der Waals surface area (Å²) < 4.78 is 0. The number of imidazole rings is 1. The van der Waals surface area contributed by atoms with E-state index < -0.39 is 0 Å². The number of rotatable bonds is 2. The zero-order valence-electron chi connectivity index (χ0n) is 4.22. The highest BCUT2D eigenvalue weighted by Gasteiger charge is 1.86. The van der Waals surface area contributed by atoms with Crippen LogP contribution in [0.15, 0.2) is 12.5 Å². The average Bonchev–Trinajstić information content (AvgIpc) is 2.19. The summed E-state index contributed by atoms with van der Waals surface area (Å²) in [6.45, 7) is 0. The summed E-state index contributed by atoms with van der Waals surface area (Å²) in [6, 6.07) is 0. The van der Waals surface area contributed by atoms with Crippen LogP contribution in [-0.4, -0.2) is 15.3 Å². The Labute approximate surface area is 52.9 Å². The molecular formula is C5H5N2S. The van der Waals surface area contributed by atoms with Gasteiger partial charge in [0, 0.05) is 18.0 Å². The largest absolute Gasteiger partial charge is 0.351 e. The molecule has 0 unspecified atom stereocenters. The van der Waals surface area contributed by atoms with Crippen LogP contribution in [0.3, 0.4) is 0 Å². The van der Waals surface area contributed by atoms with Gasteiger partial charge in [0.25, 0.3) is 0 Å². The van der Waals surface area contributed by atoms with Crippen molar-refractivity contribution in [3.05, 3.63) is 18.2 Å². The quantitative estimate of drug-likeness (QED) is 0.593.